The van der Waals surface area contributed by atoms with Crippen molar-refractivity contribution in [3.8, 4) is 0 Å². The van der Waals surface area contributed by atoms with Gasteiger partial charge in [0, 0.05) is 11.3 Å². The first kappa shape index (κ1) is 18.0. The van der Waals surface area contributed by atoms with Gasteiger partial charge < -0.3 is 0 Å². The Balaban J connectivity index is 1.83. The predicted octanol–water partition coefficient (Wildman–Crippen LogP) is 3.07. The van der Waals surface area contributed by atoms with E-state index in [1.54, 1.807) is 6.07 Å². The first-order valence-electron chi connectivity index (χ1n) is 8.23. The van der Waals surface area contributed by atoms with Crippen molar-refractivity contribution in [3.05, 3.63) is 70.9 Å². The van der Waals surface area contributed by atoms with Gasteiger partial charge in [0.1, 0.15) is 0 Å². The maximum absolute atomic E-state index is 13.6. The van der Waals surface area contributed by atoms with Gasteiger partial charge in [-0.2, -0.15) is 0 Å². The number of nitrogens with zero attached hydrogens (tertiary/aromatic N) is 1. The van der Waals surface area contributed by atoms with Gasteiger partial charge in [0.25, 0.3) is 0 Å². The average Bonchev–Trinajstić information content (AvgIpc) is 3.01. The minimum Gasteiger partial charge on any atom is -0.225 e. The summed E-state index contributed by atoms with van der Waals surface area (Å²) < 4.78 is 63.5. The Morgan fingerprint density at radius 2 is 1.70 bits per heavy atom. The molecular weight excluding hydrogens is 379 g/mol. The van der Waals surface area contributed by atoms with Gasteiger partial charge in [-0.3, -0.25) is 0 Å². The topological polar surface area (TPSA) is 75.4 Å². The molecule has 4 rings (SSSR count). The molecule has 2 aliphatic rings. The van der Waals surface area contributed by atoms with Crippen molar-refractivity contribution >= 4 is 15.6 Å². The third kappa shape index (κ3) is 3.11. The molecule has 1 aliphatic heterocycles. The average molecular weight is 395 g/mol. The zero-order valence-electron chi connectivity index (χ0n) is 14.0. The van der Waals surface area contributed by atoms with Gasteiger partial charge in [-0.15, -0.1) is 13.2 Å². The molecule has 0 radical (unpaired) electrons. The fourth-order valence-corrected chi connectivity index (χ4v) is 4.20. The van der Waals surface area contributed by atoms with Crippen LogP contribution in [0.3, 0.4) is 0 Å². The maximum atomic E-state index is 13.6. The van der Waals surface area contributed by atoms with Crippen molar-refractivity contribution in [2.24, 2.45) is 5.14 Å². The van der Waals surface area contributed by atoms with Gasteiger partial charge in [0.15, 0.2) is 0 Å². The van der Waals surface area contributed by atoms with E-state index in [4.69, 9.17) is 5.14 Å². The van der Waals surface area contributed by atoms with Crippen molar-refractivity contribution in [3.63, 3.8) is 0 Å². The number of hydrogen-bond acceptors (Lipinski definition) is 4. The normalized spacial score (nSPS) is 19.9. The van der Waals surface area contributed by atoms with Gasteiger partial charge in [-0.1, -0.05) is 36.4 Å². The third-order valence-corrected chi connectivity index (χ3v) is 5.79. The van der Waals surface area contributed by atoms with E-state index >= 15 is 0 Å². The second-order valence-electron chi connectivity index (χ2n) is 6.50. The lowest BCUT2D eigenvalue weighted by atomic mass is 9.84. The van der Waals surface area contributed by atoms with E-state index in [0.717, 1.165) is 11.1 Å². The molecule has 2 aromatic carbocycles. The van der Waals surface area contributed by atoms with E-state index in [9.17, 15) is 21.6 Å². The number of rotatable bonds is 2. The highest BCUT2D eigenvalue weighted by Crippen LogP contribution is 2.47. The summed E-state index contributed by atoms with van der Waals surface area (Å²) in [5.74, 6) is 0. The molecule has 0 saturated heterocycles. The summed E-state index contributed by atoms with van der Waals surface area (Å²) in [7, 11) is -3.87. The molecule has 5 nitrogen and oxygen atoms in total. The number of fused-ring (bicyclic) bond motifs is 2. The number of nitrogens with one attached hydrogen (secondary N) is 1. The maximum Gasteiger partial charge on any atom is 0.498 e. The summed E-state index contributed by atoms with van der Waals surface area (Å²) in [4.78, 5) is -0.0878. The van der Waals surface area contributed by atoms with E-state index in [1.807, 2.05) is 18.2 Å². The van der Waals surface area contributed by atoms with E-state index in [1.165, 1.54) is 24.3 Å². The molecule has 0 bridgehead atoms. The van der Waals surface area contributed by atoms with Crippen molar-refractivity contribution in [2.45, 2.75) is 30.1 Å². The Hall–Kier alpha value is -2.36. The van der Waals surface area contributed by atoms with Crippen LogP contribution in [0.5, 0.6) is 0 Å². The molecule has 142 valence electrons. The van der Waals surface area contributed by atoms with Gasteiger partial charge in [0.05, 0.1) is 10.9 Å². The number of hydrazine groups is 1. The minimum atomic E-state index is -4.57. The number of primary sulfonamides is 1. The number of halogens is 3. The monoisotopic (exact) mass is 395 g/mol. The van der Waals surface area contributed by atoms with E-state index in [-0.39, 0.29) is 22.0 Å². The summed E-state index contributed by atoms with van der Waals surface area (Å²) in [6.07, 6.45) is -3.77. The van der Waals surface area contributed by atoms with Crippen molar-refractivity contribution < 1.29 is 21.6 Å². The first-order valence-corrected chi connectivity index (χ1v) is 9.78. The molecule has 1 unspecified atom stereocenters. The molecular formula is C18H16F3N3O2S. The predicted molar refractivity (Wildman–Crippen MR) is 93.3 cm³/mol. The van der Waals surface area contributed by atoms with Crippen LogP contribution in [0.1, 0.15) is 29.2 Å². The third-order valence-electron chi connectivity index (χ3n) is 4.86. The van der Waals surface area contributed by atoms with Gasteiger partial charge >= 0.3 is 6.30 Å². The van der Waals surface area contributed by atoms with Crippen LogP contribution in [0.25, 0.3) is 5.57 Å². The van der Waals surface area contributed by atoms with E-state index < -0.39 is 22.4 Å². The number of hydrogen-bond donors (Lipinski definition) is 2. The van der Waals surface area contributed by atoms with Crippen LogP contribution < -0.4 is 10.6 Å². The smallest absolute Gasteiger partial charge is 0.225 e. The molecule has 1 atom stereocenters. The van der Waals surface area contributed by atoms with Crippen LogP contribution in [-0.4, -0.2) is 19.7 Å². The summed E-state index contributed by atoms with van der Waals surface area (Å²) in [6.45, 7) is 0. The van der Waals surface area contributed by atoms with E-state index in [2.05, 4.69) is 5.43 Å². The second kappa shape index (κ2) is 6.08. The fourth-order valence-electron chi connectivity index (χ4n) is 3.69. The number of allylic oxidation sites excluding steroid dienone is 1. The van der Waals surface area contributed by atoms with Crippen molar-refractivity contribution in [1.82, 2.24) is 10.4 Å². The van der Waals surface area contributed by atoms with Crippen LogP contribution in [0.4, 0.5) is 13.2 Å². The number of benzene rings is 2. The van der Waals surface area contributed by atoms with Crippen molar-refractivity contribution in [1.29, 1.82) is 0 Å². The largest absolute Gasteiger partial charge is 0.498 e. The lowest BCUT2D eigenvalue weighted by Crippen LogP contribution is -2.44. The Labute approximate surface area is 154 Å². The Kier molecular flexibility index (Phi) is 4.06. The van der Waals surface area contributed by atoms with Gasteiger partial charge in [-0.25, -0.2) is 24.0 Å². The quantitative estimate of drug-likeness (QED) is 0.767. The van der Waals surface area contributed by atoms with Crippen LogP contribution in [0.15, 0.2) is 59.1 Å². The van der Waals surface area contributed by atoms with E-state index in [0.29, 0.717) is 17.6 Å². The molecule has 0 fully saturated rings. The number of sulfonamides is 1. The Morgan fingerprint density at radius 1 is 1.04 bits per heavy atom. The number of aryl methyl sites for hydroxylation is 1. The summed E-state index contributed by atoms with van der Waals surface area (Å²) in [6, 6.07) is 12.2. The molecule has 0 spiro atoms. The molecule has 2 aromatic rings. The molecule has 1 aliphatic carbocycles. The van der Waals surface area contributed by atoms with Crippen LogP contribution in [-0.2, 0) is 16.4 Å². The molecule has 27 heavy (non-hydrogen) atoms. The standard InChI is InChI=1S/C18H16F3N3O2S/c19-18(20,21)24-15-10-7-11-3-1-2-4-14(11)16(15)17(23-24)12-5-8-13(9-6-12)27(22,25)26/h1-6,8-9,17,23H,7,10H2,(H2,22,25,26). The summed E-state index contributed by atoms with van der Waals surface area (Å²) in [5.41, 5.74) is 5.60. The SMILES string of the molecule is NS(=O)(=O)c1ccc(C2NN(C(F)(F)F)C3=C2c2ccccc2CC3)cc1. The molecule has 0 aromatic heterocycles. The molecule has 9 heteroatoms. The zero-order chi connectivity index (χ0) is 19.4. The van der Waals surface area contributed by atoms with Gasteiger partial charge in [0.2, 0.25) is 10.0 Å². The molecule has 3 N–H and O–H groups in total. The molecule has 1 heterocycles. The molecule has 0 saturated carbocycles. The Morgan fingerprint density at radius 3 is 2.33 bits per heavy atom. The first-order chi connectivity index (χ1) is 12.7. The number of nitrogens with two attached hydrogens (primary N) is 1. The highest BCUT2D eigenvalue weighted by molar-refractivity contribution is 7.89. The second-order valence-corrected chi connectivity index (χ2v) is 8.06. The van der Waals surface area contributed by atoms with Gasteiger partial charge in [-0.05, 0) is 41.7 Å². The zero-order valence-corrected chi connectivity index (χ0v) is 14.8. The highest BCUT2D eigenvalue weighted by Gasteiger charge is 2.47. The lowest BCUT2D eigenvalue weighted by Gasteiger charge is -2.26. The number of alkyl halides is 3. The van der Waals surface area contributed by atoms with Crippen LogP contribution >= 0.6 is 0 Å². The summed E-state index contributed by atoms with van der Waals surface area (Å²) >= 11 is 0. The van der Waals surface area contributed by atoms with Crippen molar-refractivity contribution in [2.75, 3.05) is 0 Å². The highest BCUT2D eigenvalue weighted by atomic mass is 32.2. The Bertz CT molecular complexity index is 1030. The summed E-state index contributed by atoms with van der Waals surface area (Å²) in [5, 5.41) is 5.37. The molecule has 0 amide bonds. The van der Waals surface area contributed by atoms with Crippen LogP contribution in [0.2, 0.25) is 0 Å². The van der Waals surface area contributed by atoms with Crippen LogP contribution in [0, 0.1) is 0 Å². The fraction of sp³-hybridized carbons (Fsp3) is 0.222. The lowest BCUT2D eigenvalue weighted by molar-refractivity contribution is -0.248. The minimum absolute atomic E-state index is 0.0878.